The zero-order valence-corrected chi connectivity index (χ0v) is 17.3. The number of amides is 2. The largest absolute Gasteiger partial charge is 0.348 e. The fourth-order valence-electron chi connectivity index (χ4n) is 4.91. The van der Waals surface area contributed by atoms with Gasteiger partial charge in [-0.1, -0.05) is 30.3 Å². The second kappa shape index (κ2) is 7.59. The molecule has 1 aromatic heterocycles. The summed E-state index contributed by atoms with van der Waals surface area (Å²) in [5.74, 6) is 0.240. The molecule has 2 aliphatic rings. The van der Waals surface area contributed by atoms with E-state index in [1.54, 1.807) is 17.2 Å². The molecule has 2 aliphatic heterocycles. The summed E-state index contributed by atoms with van der Waals surface area (Å²) in [6, 6.07) is 14.0. The molecule has 2 aromatic rings. The number of nitrogens with zero attached hydrogens (tertiary/aromatic N) is 4. The van der Waals surface area contributed by atoms with E-state index in [4.69, 9.17) is 0 Å². The Bertz CT molecular complexity index is 914. The number of fused-ring (bicyclic) bond motifs is 1. The summed E-state index contributed by atoms with van der Waals surface area (Å²) in [5, 5.41) is 0. The first-order chi connectivity index (χ1) is 13.9. The third kappa shape index (κ3) is 3.53. The molecule has 6 nitrogen and oxygen atoms in total. The summed E-state index contributed by atoms with van der Waals surface area (Å²) < 4.78 is 0. The predicted molar refractivity (Wildman–Crippen MR) is 111 cm³/mol. The molecule has 2 atom stereocenters. The van der Waals surface area contributed by atoms with Crippen molar-refractivity contribution < 1.29 is 9.59 Å². The van der Waals surface area contributed by atoms with Crippen LogP contribution in [-0.2, 0) is 11.3 Å². The van der Waals surface area contributed by atoms with Gasteiger partial charge >= 0.3 is 0 Å². The van der Waals surface area contributed by atoms with Gasteiger partial charge < -0.3 is 9.80 Å². The Balaban J connectivity index is 1.57. The topological polar surface area (TPSA) is 56.8 Å². The van der Waals surface area contributed by atoms with Gasteiger partial charge in [0.15, 0.2) is 0 Å². The lowest BCUT2D eigenvalue weighted by molar-refractivity contribution is -0.139. The number of rotatable bonds is 4. The summed E-state index contributed by atoms with van der Waals surface area (Å²) in [7, 11) is 3.62. The second-order valence-electron chi connectivity index (χ2n) is 8.53. The lowest BCUT2D eigenvalue weighted by atomic mass is 9.80. The van der Waals surface area contributed by atoms with E-state index in [-0.39, 0.29) is 17.7 Å². The van der Waals surface area contributed by atoms with Gasteiger partial charge in [-0.15, -0.1) is 0 Å². The van der Waals surface area contributed by atoms with Crippen molar-refractivity contribution in [1.82, 2.24) is 19.7 Å². The normalized spacial score (nSPS) is 23.8. The standard InChI is InChI=1S/C23H28N4O2/c1-17-20(10-7-11-24-17)21(28)27-14-19-13-26(12-18-8-5-4-6-9-18)15-23(19,16-27)22(29)25(2)3/h4-11,19H,12-16H2,1-3H3/t19-,23-/m0/s1. The minimum Gasteiger partial charge on any atom is -0.348 e. The Morgan fingerprint density at radius 1 is 1.10 bits per heavy atom. The Hall–Kier alpha value is -2.73. The van der Waals surface area contributed by atoms with Crippen molar-refractivity contribution in [3.05, 3.63) is 65.5 Å². The summed E-state index contributed by atoms with van der Waals surface area (Å²) in [4.78, 5) is 36.6. The van der Waals surface area contributed by atoms with E-state index in [2.05, 4.69) is 22.0 Å². The molecule has 4 rings (SSSR count). The van der Waals surface area contributed by atoms with E-state index >= 15 is 0 Å². The highest BCUT2D eigenvalue weighted by Crippen LogP contribution is 2.44. The number of likely N-dealkylation sites (tertiary alicyclic amines) is 2. The van der Waals surface area contributed by atoms with E-state index in [1.165, 1.54) is 5.56 Å². The van der Waals surface area contributed by atoms with Crippen LogP contribution in [0.25, 0.3) is 0 Å². The van der Waals surface area contributed by atoms with Crippen molar-refractivity contribution in [3.63, 3.8) is 0 Å². The Labute approximate surface area is 172 Å². The van der Waals surface area contributed by atoms with Gasteiger partial charge in [0.05, 0.1) is 11.0 Å². The number of carbonyl (C=O) groups excluding carboxylic acids is 2. The van der Waals surface area contributed by atoms with Crippen LogP contribution in [-0.4, -0.2) is 71.8 Å². The number of benzene rings is 1. The molecule has 0 saturated carbocycles. The molecule has 2 fully saturated rings. The smallest absolute Gasteiger partial charge is 0.255 e. The van der Waals surface area contributed by atoms with Crippen LogP contribution < -0.4 is 0 Å². The first kappa shape index (κ1) is 19.6. The van der Waals surface area contributed by atoms with Gasteiger partial charge in [-0.05, 0) is 24.6 Å². The van der Waals surface area contributed by atoms with Crippen LogP contribution in [0.2, 0.25) is 0 Å². The van der Waals surface area contributed by atoms with E-state index < -0.39 is 5.41 Å². The molecule has 0 bridgehead atoms. The van der Waals surface area contributed by atoms with Crippen molar-refractivity contribution in [3.8, 4) is 0 Å². The molecule has 0 radical (unpaired) electrons. The van der Waals surface area contributed by atoms with Crippen LogP contribution in [0.3, 0.4) is 0 Å². The first-order valence-corrected chi connectivity index (χ1v) is 10.1. The van der Waals surface area contributed by atoms with Crippen molar-refractivity contribution in [2.75, 3.05) is 40.3 Å². The quantitative estimate of drug-likeness (QED) is 0.799. The third-order valence-corrected chi connectivity index (χ3v) is 6.29. The molecule has 3 heterocycles. The van der Waals surface area contributed by atoms with Crippen LogP contribution in [0.5, 0.6) is 0 Å². The number of carbonyl (C=O) groups is 2. The van der Waals surface area contributed by atoms with E-state index in [0.29, 0.717) is 25.2 Å². The molecular weight excluding hydrogens is 364 g/mol. The Morgan fingerprint density at radius 3 is 2.55 bits per heavy atom. The van der Waals surface area contributed by atoms with Crippen LogP contribution in [0, 0.1) is 18.3 Å². The van der Waals surface area contributed by atoms with Crippen LogP contribution in [0.1, 0.15) is 21.6 Å². The van der Waals surface area contributed by atoms with Crippen LogP contribution in [0.4, 0.5) is 0 Å². The van der Waals surface area contributed by atoms with Gasteiger partial charge in [0, 0.05) is 64.6 Å². The molecule has 6 heteroatoms. The number of pyridine rings is 1. The van der Waals surface area contributed by atoms with Gasteiger partial charge in [0.1, 0.15) is 0 Å². The molecule has 152 valence electrons. The fraction of sp³-hybridized carbons (Fsp3) is 0.435. The Kier molecular flexibility index (Phi) is 5.13. The lowest BCUT2D eigenvalue weighted by Crippen LogP contribution is -2.47. The molecule has 29 heavy (non-hydrogen) atoms. The van der Waals surface area contributed by atoms with E-state index in [0.717, 1.165) is 18.8 Å². The van der Waals surface area contributed by atoms with E-state index in [1.807, 2.05) is 50.2 Å². The zero-order valence-electron chi connectivity index (χ0n) is 17.3. The summed E-state index contributed by atoms with van der Waals surface area (Å²) >= 11 is 0. The van der Waals surface area contributed by atoms with Crippen molar-refractivity contribution in [2.45, 2.75) is 13.5 Å². The highest BCUT2D eigenvalue weighted by atomic mass is 16.2. The molecule has 0 unspecified atom stereocenters. The number of aromatic nitrogens is 1. The minimum absolute atomic E-state index is 0.0226. The Morgan fingerprint density at radius 2 is 1.86 bits per heavy atom. The highest BCUT2D eigenvalue weighted by molar-refractivity contribution is 5.96. The zero-order chi connectivity index (χ0) is 20.6. The van der Waals surface area contributed by atoms with Crippen molar-refractivity contribution in [1.29, 1.82) is 0 Å². The first-order valence-electron chi connectivity index (χ1n) is 10.1. The number of hydrogen-bond acceptors (Lipinski definition) is 4. The van der Waals surface area contributed by atoms with Crippen molar-refractivity contribution in [2.24, 2.45) is 11.3 Å². The number of hydrogen-bond donors (Lipinski definition) is 0. The maximum Gasteiger partial charge on any atom is 0.255 e. The molecular formula is C23H28N4O2. The summed E-state index contributed by atoms with van der Waals surface area (Å²) in [5.41, 5.74) is 2.07. The average molecular weight is 393 g/mol. The molecule has 1 aromatic carbocycles. The van der Waals surface area contributed by atoms with Crippen molar-refractivity contribution >= 4 is 11.8 Å². The molecule has 0 spiro atoms. The van der Waals surface area contributed by atoms with Gasteiger partial charge in [-0.25, -0.2) is 0 Å². The van der Waals surface area contributed by atoms with Gasteiger partial charge in [0.2, 0.25) is 5.91 Å². The third-order valence-electron chi connectivity index (χ3n) is 6.29. The predicted octanol–water partition coefficient (Wildman–Crippen LogP) is 2.05. The lowest BCUT2D eigenvalue weighted by Gasteiger charge is -2.31. The summed E-state index contributed by atoms with van der Waals surface area (Å²) in [6.45, 7) is 5.26. The maximum absolute atomic E-state index is 13.3. The van der Waals surface area contributed by atoms with E-state index in [9.17, 15) is 9.59 Å². The second-order valence-corrected chi connectivity index (χ2v) is 8.53. The molecule has 0 N–H and O–H groups in total. The summed E-state index contributed by atoms with van der Waals surface area (Å²) in [6.07, 6.45) is 1.70. The number of aryl methyl sites for hydroxylation is 1. The average Bonchev–Trinajstić information content (AvgIpc) is 3.22. The molecule has 0 aliphatic carbocycles. The van der Waals surface area contributed by atoms with Gasteiger partial charge in [0.25, 0.3) is 5.91 Å². The SMILES string of the molecule is Cc1ncccc1C(=O)N1C[C@@H]2CN(Cc3ccccc3)C[C@]2(C(=O)N(C)C)C1. The van der Waals surface area contributed by atoms with Gasteiger partial charge in [-0.3, -0.25) is 19.5 Å². The molecule has 2 saturated heterocycles. The molecule has 2 amide bonds. The monoisotopic (exact) mass is 392 g/mol. The highest BCUT2D eigenvalue weighted by Gasteiger charge is 2.58. The fourth-order valence-corrected chi connectivity index (χ4v) is 4.91. The van der Waals surface area contributed by atoms with Crippen LogP contribution in [0.15, 0.2) is 48.7 Å². The minimum atomic E-state index is -0.538. The maximum atomic E-state index is 13.3. The van der Waals surface area contributed by atoms with Gasteiger partial charge in [-0.2, -0.15) is 0 Å². The van der Waals surface area contributed by atoms with Crippen LogP contribution >= 0.6 is 0 Å².